The van der Waals surface area contributed by atoms with E-state index < -0.39 is 44.0 Å². The fraction of sp³-hybridized carbons (Fsp3) is 0.833. The van der Waals surface area contributed by atoms with Gasteiger partial charge in [-0.25, -0.2) is 9.69 Å². The average molecular weight is 470 g/mol. The number of rotatable bonds is 5. The molecule has 0 radical (unpaired) electrons. The van der Waals surface area contributed by atoms with Gasteiger partial charge in [-0.15, -0.1) is 0 Å². The van der Waals surface area contributed by atoms with E-state index in [4.69, 9.17) is 18.6 Å². The van der Waals surface area contributed by atoms with Crippen LogP contribution in [0, 0.1) is 5.92 Å². The maximum Gasteiger partial charge on any atom is 0.417 e. The van der Waals surface area contributed by atoms with Gasteiger partial charge in [0.2, 0.25) is 5.91 Å². The van der Waals surface area contributed by atoms with Gasteiger partial charge in [0.25, 0.3) is 0 Å². The monoisotopic (exact) mass is 469 g/mol. The number of allylic oxidation sites excluding steroid dienone is 1. The van der Waals surface area contributed by atoms with E-state index in [0.29, 0.717) is 6.61 Å². The summed E-state index contributed by atoms with van der Waals surface area (Å²) in [4.78, 5) is 27.5. The van der Waals surface area contributed by atoms with Crippen LogP contribution >= 0.6 is 0 Å². The first-order valence-electron chi connectivity index (χ1n) is 11.6. The van der Waals surface area contributed by atoms with Crippen LogP contribution in [0.25, 0.3) is 0 Å². The van der Waals surface area contributed by atoms with E-state index in [9.17, 15) is 9.59 Å². The normalized spacial score (nSPS) is 27.9. The van der Waals surface area contributed by atoms with Crippen molar-refractivity contribution in [3.8, 4) is 0 Å². The maximum atomic E-state index is 13.2. The van der Waals surface area contributed by atoms with Crippen LogP contribution in [-0.2, 0) is 23.4 Å². The van der Waals surface area contributed by atoms with Crippen LogP contribution < -0.4 is 0 Å². The molecule has 0 saturated carbocycles. The van der Waals surface area contributed by atoms with Gasteiger partial charge in [0.05, 0.1) is 18.8 Å². The highest BCUT2D eigenvalue weighted by molar-refractivity contribution is 6.74. The molecule has 7 nitrogen and oxygen atoms in total. The Morgan fingerprint density at radius 3 is 2.25 bits per heavy atom. The Kier molecular flexibility index (Phi) is 7.77. The van der Waals surface area contributed by atoms with Gasteiger partial charge in [-0.1, -0.05) is 32.9 Å². The van der Waals surface area contributed by atoms with Crippen molar-refractivity contribution >= 4 is 20.3 Å². The molecule has 0 bridgehead atoms. The molecule has 0 aromatic rings. The summed E-state index contributed by atoms with van der Waals surface area (Å²) < 4.78 is 24.6. The number of likely N-dealkylation sites (tertiary alicyclic amines) is 1. The molecule has 0 N–H and O–H groups in total. The number of amides is 2. The molecule has 2 fully saturated rings. The minimum atomic E-state index is -2.28. The van der Waals surface area contributed by atoms with Gasteiger partial charge in [0.15, 0.2) is 14.1 Å². The quantitative estimate of drug-likeness (QED) is 0.404. The number of imide groups is 1. The van der Waals surface area contributed by atoms with Crippen molar-refractivity contribution in [1.82, 2.24) is 4.90 Å². The molecular weight excluding hydrogens is 426 g/mol. The van der Waals surface area contributed by atoms with E-state index in [1.165, 1.54) is 4.90 Å². The molecule has 2 aliphatic heterocycles. The van der Waals surface area contributed by atoms with Crippen molar-refractivity contribution in [2.45, 2.75) is 117 Å². The molecule has 0 spiro atoms. The second-order valence-corrected chi connectivity index (χ2v) is 16.6. The summed E-state index contributed by atoms with van der Waals surface area (Å²) >= 11 is 0. The van der Waals surface area contributed by atoms with Gasteiger partial charge in [-0.2, -0.15) is 0 Å². The largest absolute Gasteiger partial charge is 0.443 e. The van der Waals surface area contributed by atoms with Gasteiger partial charge in [-0.05, 0) is 59.7 Å². The summed E-state index contributed by atoms with van der Waals surface area (Å²) in [5.74, 6) is -1.20. The Balaban J connectivity index is 2.54. The Bertz CT molecular complexity index is 734. The summed E-state index contributed by atoms with van der Waals surface area (Å²) in [6.07, 6.45) is 2.55. The molecule has 0 aromatic carbocycles. The first-order chi connectivity index (χ1) is 14.4. The van der Waals surface area contributed by atoms with E-state index in [-0.39, 0.29) is 23.3 Å². The highest BCUT2D eigenvalue weighted by Gasteiger charge is 2.55. The molecule has 0 aliphatic carbocycles. The third-order valence-corrected chi connectivity index (χ3v) is 10.9. The average Bonchev–Trinajstić information content (AvgIpc) is 3.09. The molecule has 0 aromatic heterocycles. The van der Waals surface area contributed by atoms with Crippen LogP contribution in [0.3, 0.4) is 0 Å². The van der Waals surface area contributed by atoms with Crippen LogP contribution in [0.4, 0.5) is 4.79 Å². The number of hydrogen-bond acceptors (Lipinski definition) is 6. The zero-order valence-electron chi connectivity index (χ0n) is 21.8. The third-order valence-electron chi connectivity index (χ3n) is 6.42. The molecule has 2 rings (SSSR count). The van der Waals surface area contributed by atoms with Crippen LogP contribution in [0.5, 0.6) is 0 Å². The van der Waals surface area contributed by atoms with Crippen molar-refractivity contribution in [1.29, 1.82) is 0 Å². The lowest BCUT2D eigenvalue weighted by Gasteiger charge is -2.44. The van der Waals surface area contributed by atoms with Crippen molar-refractivity contribution in [3.63, 3.8) is 0 Å². The summed E-state index contributed by atoms with van der Waals surface area (Å²) in [5, 5.41) is -0.0598. The number of hydrogen-bond donors (Lipinski definition) is 0. The van der Waals surface area contributed by atoms with Gasteiger partial charge in [0, 0.05) is 12.3 Å². The van der Waals surface area contributed by atoms with Crippen molar-refractivity contribution in [2.24, 2.45) is 5.92 Å². The number of nitrogens with zero attached hydrogens (tertiary/aromatic N) is 1. The van der Waals surface area contributed by atoms with Crippen LogP contribution in [0.1, 0.15) is 68.7 Å². The van der Waals surface area contributed by atoms with Crippen molar-refractivity contribution < 1.29 is 28.2 Å². The minimum Gasteiger partial charge on any atom is -0.443 e. The molecule has 2 saturated heterocycles. The van der Waals surface area contributed by atoms with E-state index in [2.05, 4.69) is 33.9 Å². The van der Waals surface area contributed by atoms with Crippen LogP contribution in [0.2, 0.25) is 18.1 Å². The molecule has 2 aliphatic rings. The molecule has 0 unspecified atom stereocenters. The third kappa shape index (κ3) is 6.21. The molecule has 184 valence electrons. The second-order valence-electron chi connectivity index (χ2n) is 11.8. The summed E-state index contributed by atoms with van der Waals surface area (Å²) in [6.45, 7) is 22.2. The summed E-state index contributed by atoms with van der Waals surface area (Å²) in [6, 6.07) is -0.537. The van der Waals surface area contributed by atoms with E-state index >= 15 is 0 Å². The van der Waals surface area contributed by atoms with Gasteiger partial charge >= 0.3 is 6.09 Å². The lowest BCUT2D eigenvalue weighted by atomic mass is 9.92. The maximum absolute atomic E-state index is 13.2. The van der Waals surface area contributed by atoms with Crippen LogP contribution in [0.15, 0.2) is 12.2 Å². The molecule has 8 heteroatoms. The molecular formula is C24H43NO6Si. The molecule has 4 atom stereocenters. The zero-order valence-corrected chi connectivity index (χ0v) is 22.8. The molecule has 32 heavy (non-hydrogen) atoms. The van der Waals surface area contributed by atoms with Gasteiger partial charge < -0.3 is 18.6 Å². The van der Waals surface area contributed by atoms with E-state index in [1.54, 1.807) is 20.8 Å². The SMILES string of the molecule is C/C=C\[C@@H]1CC(=O)N(C(=O)OC(C)(C)C)[C@H]1[C@H](O[Si](C)(C)C(C)(C)C)[C@H]1COC(C)(C)O1. The Labute approximate surface area is 194 Å². The molecule has 2 heterocycles. The fourth-order valence-electron chi connectivity index (χ4n) is 3.89. The van der Waals surface area contributed by atoms with Crippen molar-refractivity contribution in [2.75, 3.05) is 6.61 Å². The smallest absolute Gasteiger partial charge is 0.417 e. The summed E-state index contributed by atoms with van der Waals surface area (Å²) in [7, 11) is -2.28. The number of carbonyl (C=O) groups is 2. The fourth-order valence-corrected chi connectivity index (χ4v) is 5.22. The van der Waals surface area contributed by atoms with Crippen LogP contribution in [-0.4, -0.2) is 61.5 Å². The molecule has 2 amide bonds. The standard InChI is InChI=1S/C24H43NO6Si/c1-12-13-16-14-18(26)25(21(27)30-22(2,3)4)19(16)20(17-15-28-24(8,9)29-17)31-32(10,11)23(5,6)7/h12-13,16-17,19-20H,14-15H2,1-11H3/b13-12-/t16-,17-,19-,20-/m1/s1. The topological polar surface area (TPSA) is 74.3 Å². The Morgan fingerprint density at radius 2 is 1.81 bits per heavy atom. The number of ether oxygens (including phenoxy) is 3. The lowest BCUT2D eigenvalue weighted by molar-refractivity contribution is -0.155. The lowest BCUT2D eigenvalue weighted by Crippen LogP contribution is -2.58. The van der Waals surface area contributed by atoms with Gasteiger partial charge in [0.1, 0.15) is 11.7 Å². The predicted octanol–water partition coefficient (Wildman–Crippen LogP) is 5.26. The first kappa shape index (κ1) is 27.0. The van der Waals surface area contributed by atoms with E-state index in [1.807, 2.05) is 32.9 Å². The second kappa shape index (κ2) is 9.20. The first-order valence-corrected chi connectivity index (χ1v) is 14.5. The predicted molar refractivity (Wildman–Crippen MR) is 127 cm³/mol. The highest BCUT2D eigenvalue weighted by Crippen LogP contribution is 2.42. The van der Waals surface area contributed by atoms with Gasteiger partial charge in [-0.3, -0.25) is 4.79 Å². The Hall–Kier alpha value is -1.22. The number of carbonyl (C=O) groups excluding carboxylic acids is 2. The van der Waals surface area contributed by atoms with Crippen molar-refractivity contribution in [3.05, 3.63) is 12.2 Å². The zero-order chi connectivity index (χ0) is 24.7. The minimum absolute atomic E-state index is 0.0598. The summed E-state index contributed by atoms with van der Waals surface area (Å²) in [5.41, 5.74) is -0.717. The Morgan fingerprint density at radius 1 is 1.22 bits per heavy atom. The highest BCUT2D eigenvalue weighted by atomic mass is 28.4. The van der Waals surface area contributed by atoms with E-state index in [0.717, 1.165) is 0 Å².